The molecule has 0 spiro atoms. The topological polar surface area (TPSA) is 55.4 Å². The summed E-state index contributed by atoms with van der Waals surface area (Å²) < 4.78 is 33.4. The third-order valence-electron chi connectivity index (χ3n) is 5.90. The molecule has 0 aliphatic rings. The molecule has 0 aliphatic heterocycles. The molecule has 0 aliphatic carbocycles. The normalized spacial score (nSPS) is 11.3. The first-order chi connectivity index (χ1) is 18.4. The predicted molar refractivity (Wildman–Crippen MR) is 152 cm³/mol. The van der Waals surface area contributed by atoms with E-state index in [1.165, 1.54) is 56.9 Å². The van der Waals surface area contributed by atoms with Crippen LogP contribution < -0.4 is 4.74 Å². The maximum Gasteiger partial charge on any atom is 0.119 e. The van der Waals surface area contributed by atoms with Crippen LogP contribution in [-0.4, -0.2) is 78.6 Å². The molecule has 0 saturated heterocycles. The van der Waals surface area contributed by atoms with Gasteiger partial charge in [-0.3, -0.25) is 0 Å². The third kappa shape index (κ3) is 23.9. The molecule has 0 unspecified atom stereocenters. The van der Waals surface area contributed by atoms with E-state index in [0.717, 1.165) is 37.5 Å². The molecule has 0 atom stereocenters. The van der Waals surface area contributed by atoms with Crippen LogP contribution in [0.3, 0.4) is 0 Å². The monoisotopic (exact) mass is 544 g/mol. The Morgan fingerprint density at radius 1 is 0.486 bits per heavy atom. The number of hydrogen-bond donors (Lipinski definition) is 0. The maximum atomic E-state index is 5.76. The fraction of sp³-hybridized carbons (Fsp3) is 0.800. The van der Waals surface area contributed by atoms with Crippen LogP contribution in [0.4, 0.5) is 0 Å². The number of halogens is 1. The molecule has 6 nitrogen and oxygen atoms in total. The number of aryl methyl sites for hydroxylation is 1. The highest BCUT2D eigenvalue weighted by Crippen LogP contribution is 2.15. The minimum absolute atomic E-state index is 0.541. The van der Waals surface area contributed by atoms with Crippen LogP contribution in [-0.2, 0) is 30.1 Å². The molecule has 0 heterocycles. The maximum absolute atomic E-state index is 5.76. The molecule has 1 aromatic carbocycles. The molecule has 0 N–H and O–H groups in total. The summed E-state index contributed by atoms with van der Waals surface area (Å²) in [5, 5.41) is 0. The molecule has 37 heavy (non-hydrogen) atoms. The van der Waals surface area contributed by atoms with E-state index in [-0.39, 0.29) is 0 Å². The summed E-state index contributed by atoms with van der Waals surface area (Å²) in [4.78, 5) is 0. The number of unbranched alkanes of at least 4 members (excludes halogenated alkanes) is 8. The summed E-state index contributed by atoms with van der Waals surface area (Å²) in [5.41, 5.74) is 1.39. The van der Waals surface area contributed by atoms with Gasteiger partial charge in [0.15, 0.2) is 0 Å². The first-order valence-corrected chi connectivity index (χ1v) is 15.1. The zero-order chi connectivity index (χ0) is 26.5. The van der Waals surface area contributed by atoms with E-state index in [0.29, 0.717) is 66.1 Å². The molecule has 0 amide bonds. The van der Waals surface area contributed by atoms with E-state index in [4.69, 9.17) is 40.0 Å². The summed E-state index contributed by atoms with van der Waals surface area (Å²) in [5.74, 6) is 1.65. The van der Waals surface area contributed by atoms with Gasteiger partial charge in [-0.25, -0.2) is 0 Å². The fourth-order valence-electron chi connectivity index (χ4n) is 3.71. The summed E-state index contributed by atoms with van der Waals surface area (Å²) in [7, 11) is 0. The molecule has 1 rings (SSSR count). The molecule has 0 bridgehead atoms. The second kappa shape index (κ2) is 28.1. The first kappa shape index (κ1) is 34.1. The average Bonchev–Trinajstić information content (AvgIpc) is 2.92. The summed E-state index contributed by atoms with van der Waals surface area (Å²) >= 11 is 5.65. The Bertz CT molecular complexity index is 572. The zero-order valence-electron chi connectivity index (χ0n) is 23.4. The molecule has 0 saturated carbocycles. The van der Waals surface area contributed by atoms with Gasteiger partial charge in [0.25, 0.3) is 0 Å². The smallest absolute Gasteiger partial charge is 0.119 e. The van der Waals surface area contributed by atoms with E-state index in [2.05, 4.69) is 31.2 Å². The lowest BCUT2D eigenvalue weighted by Gasteiger charge is -2.09. The second-order valence-electron chi connectivity index (χ2n) is 9.18. The van der Waals surface area contributed by atoms with Crippen molar-refractivity contribution in [2.45, 2.75) is 77.6 Å². The van der Waals surface area contributed by atoms with Gasteiger partial charge in [0.1, 0.15) is 12.4 Å². The van der Waals surface area contributed by atoms with Crippen molar-refractivity contribution in [3.05, 3.63) is 29.8 Å². The lowest BCUT2D eigenvalue weighted by molar-refractivity contribution is -0.0128. The van der Waals surface area contributed by atoms with Crippen molar-refractivity contribution in [2.24, 2.45) is 0 Å². The van der Waals surface area contributed by atoms with Crippen molar-refractivity contribution in [3.63, 3.8) is 0 Å². The molecular formula is C30H53ClO6. The van der Waals surface area contributed by atoms with Crippen LogP contribution in [0.1, 0.15) is 76.7 Å². The van der Waals surface area contributed by atoms with Gasteiger partial charge in [0.2, 0.25) is 0 Å². The fourth-order valence-corrected chi connectivity index (χ4v) is 3.90. The number of ether oxygens (including phenoxy) is 6. The Morgan fingerprint density at radius 3 is 1.51 bits per heavy atom. The van der Waals surface area contributed by atoms with Gasteiger partial charge >= 0.3 is 0 Å². The molecular weight excluding hydrogens is 492 g/mol. The Labute approximate surface area is 231 Å². The van der Waals surface area contributed by atoms with Crippen LogP contribution >= 0.6 is 11.6 Å². The Hall–Kier alpha value is -0.890. The minimum Gasteiger partial charge on any atom is -0.491 e. The van der Waals surface area contributed by atoms with E-state index in [1.807, 2.05) is 0 Å². The van der Waals surface area contributed by atoms with Crippen LogP contribution in [0.2, 0.25) is 0 Å². The lowest BCUT2D eigenvalue weighted by atomic mass is 10.0. The quantitative estimate of drug-likeness (QED) is 0.0811. The predicted octanol–water partition coefficient (Wildman–Crippen LogP) is 6.85. The van der Waals surface area contributed by atoms with Gasteiger partial charge in [0.05, 0.1) is 59.5 Å². The SMILES string of the molecule is CCCCCCCCc1ccc(OCCOCCOCCOCCOCCOCCCCCCCl)cc1. The highest BCUT2D eigenvalue weighted by atomic mass is 35.5. The van der Waals surface area contributed by atoms with Gasteiger partial charge in [0, 0.05) is 12.5 Å². The van der Waals surface area contributed by atoms with Crippen LogP contribution in [0.15, 0.2) is 24.3 Å². The summed E-state index contributed by atoms with van der Waals surface area (Å²) in [6, 6.07) is 8.46. The number of hydrogen-bond acceptors (Lipinski definition) is 6. The summed E-state index contributed by atoms with van der Waals surface area (Å²) in [6.07, 6.45) is 13.7. The van der Waals surface area contributed by atoms with Crippen molar-refractivity contribution in [2.75, 3.05) is 78.6 Å². The molecule has 216 valence electrons. The minimum atomic E-state index is 0.541. The standard InChI is InChI=1S/C30H53ClO6/c1-2-3-4-5-6-9-12-29-13-15-30(16-14-29)37-28-27-36-26-25-35-24-23-34-22-21-33-20-19-32-18-11-8-7-10-17-31/h13-16H,2-12,17-28H2,1H3. The molecule has 0 radical (unpaired) electrons. The van der Waals surface area contributed by atoms with Gasteiger partial charge in [-0.2, -0.15) is 0 Å². The molecule has 1 aromatic rings. The van der Waals surface area contributed by atoms with Crippen molar-refractivity contribution in [1.29, 1.82) is 0 Å². The molecule has 0 aromatic heterocycles. The van der Waals surface area contributed by atoms with Gasteiger partial charge in [-0.05, 0) is 43.4 Å². The van der Waals surface area contributed by atoms with E-state index < -0.39 is 0 Å². The van der Waals surface area contributed by atoms with Gasteiger partial charge < -0.3 is 28.4 Å². The third-order valence-corrected chi connectivity index (χ3v) is 6.17. The van der Waals surface area contributed by atoms with Crippen LogP contribution in [0.25, 0.3) is 0 Å². The Morgan fingerprint density at radius 2 is 0.946 bits per heavy atom. The highest BCUT2D eigenvalue weighted by Gasteiger charge is 1.98. The van der Waals surface area contributed by atoms with Crippen molar-refractivity contribution in [1.82, 2.24) is 0 Å². The van der Waals surface area contributed by atoms with Crippen molar-refractivity contribution < 1.29 is 28.4 Å². The second-order valence-corrected chi connectivity index (χ2v) is 9.55. The summed E-state index contributed by atoms with van der Waals surface area (Å²) in [6.45, 7) is 8.73. The lowest BCUT2D eigenvalue weighted by Crippen LogP contribution is -2.14. The van der Waals surface area contributed by atoms with E-state index >= 15 is 0 Å². The highest BCUT2D eigenvalue weighted by molar-refractivity contribution is 6.17. The van der Waals surface area contributed by atoms with Gasteiger partial charge in [-0.1, -0.05) is 64.0 Å². The van der Waals surface area contributed by atoms with E-state index in [1.54, 1.807) is 0 Å². The largest absolute Gasteiger partial charge is 0.491 e. The molecule has 0 fully saturated rings. The average molecular weight is 545 g/mol. The van der Waals surface area contributed by atoms with Crippen molar-refractivity contribution in [3.8, 4) is 5.75 Å². The molecule has 7 heteroatoms. The number of benzene rings is 1. The van der Waals surface area contributed by atoms with Crippen LogP contribution in [0.5, 0.6) is 5.75 Å². The Balaban J connectivity index is 1.77. The number of alkyl halides is 1. The van der Waals surface area contributed by atoms with Crippen LogP contribution in [0, 0.1) is 0 Å². The Kier molecular flexibility index (Phi) is 26.0. The first-order valence-electron chi connectivity index (χ1n) is 14.5. The van der Waals surface area contributed by atoms with Gasteiger partial charge in [-0.15, -0.1) is 11.6 Å². The number of rotatable bonds is 29. The zero-order valence-corrected chi connectivity index (χ0v) is 24.2. The van der Waals surface area contributed by atoms with Crippen molar-refractivity contribution >= 4 is 11.6 Å². The van der Waals surface area contributed by atoms with E-state index in [9.17, 15) is 0 Å².